The molecule has 0 saturated carbocycles. The maximum Gasteiger partial charge on any atom is 0.418 e. The van der Waals surface area contributed by atoms with Gasteiger partial charge in [-0.3, -0.25) is 4.79 Å². The fourth-order valence-electron chi connectivity index (χ4n) is 6.16. The first kappa shape index (κ1) is 46.4. The smallest absolute Gasteiger partial charge is 0.308 e. The van der Waals surface area contributed by atoms with Gasteiger partial charge in [-0.05, 0) is 110 Å². The van der Waals surface area contributed by atoms with E-state index in [-0.39, 0.29) is 41.3 Å². The summed E-state index contributed by atoms with van der Waals surface area (Å²) in [5, 5.41) is 15.0. The van der Waals surface area contributed by atoms with Crippen molar-refractivity contribution in [1.82, 2.24) is 0 Å². The van der Waals surface area contributed by atoms with Crippen LogP contribution in [0, 0.1) is 20.8 Å². The first-order chi connectivity index (χ1) is 29.8. The highest BCUT2D eigenvalue weighted by atomic mass is 19.4. The van der Waals surface area contributed by atoms with Crippen molar-refractivity contribution in [3.63, 3.8) is 0 Å². The Labute approximate surface area is 359 Å². The highest BCUT2D eigenvalue weighted by Gasteiger charge is 2.34. The number of urea groups is 3. The van der Waals surface area contributed by atoms with E-state index in [9.17, 15) is 45.5 Å². The van der Waals surface area contributed by atoms with Gasteiger partial charge in [-0.25, -0.2) is 14.4 Å². The Morgan fingerprint density at radius 3 is 1.30 bits per heavy atom. The number of aryl methyl sites for hydroxylation is 3. The van der Waals surface area contributed by atoms with Crippen molar-refractivity contribution >= 4 is 58.0 Å². The number of carbonyl (C=O) groups excluding carboxylic acids is 4. The maximum atomic E-state index is 13.6. The third kappa shape index (κ3) is 14.8. The number of para-hydroxylation sites is 2. The minimum absolute atomic E-state index is 0.0186. The summed E-state index contributed by atoms with van der Waals surface area (Å²) in [6.07, 6.45) is -9.20. The topological polar surface area (TPSA) is 140 Å². The molecule has 0 fully saturated rings. The second kappa shape index (κ2) is 20.8. The first-order valence-electron chi connectivity index (χ1n) is 19.2. The number of hydrogen-bond acceptors (Lipinski definition) is 4. The van der Waals surface area contributed by atoms with E-state index >= 15 is 0 Å². The van der Waals surface area contributed by atoms with Crippen LogP contribution in [0.2, 0.25) is 0 Å². The lowest BCUT2D eigenvalue weighted by Gasteiger charge is -2.16. The van der Waals surface area contributed by atoms with Crippen LogP contribution in [0.25, 0.3) is 0 Å². The molecule has 6 amide bonds. The van der Waals surface area contributed by atoms with Crippen LogP contribution in [-0.4, -0.2) is 23.9 Å². The van der Waals surface area contributed by atoms with Gasteiger partial charge in [0.25, 0.3) is 0 Å². The molecule has 326 valence electrons. The predicted molar refractivity (Wildman–Crippen MR) is 233 cm³/mol. The number of carbonyl (C=O) groups is 4. The van der Waals surface area contributed by atoms with Crippen molar-refractivity contribution in [2.24, 2.45) is 0 Å². The Bertz CT molecular complexity index is 2600. The SMILES string of the molecule is Cc1cccc(CC(=O)Cc2ccc(NC(=O)Nc3cccc(C)c3)c(C(F)(F)F)c2)c1.Cc1cccc(NC(=O)Nc2ccccc2NC(=O)Nc2cccc(C(F)(F)F)c2)c1. The molecule has 63 heavy (non-hydrogen) atoms. The molecule has 6 N–H and O–H groups in total. The Kier molecular flexibility index (Phi) is 15.3. The highest BCUT2D eigenvalue weighted by Crippen LogP contribution is 2.36. The molecule has 16 heteroatoms. The molecule has 10 nitrogen and oxygen atoms in total. The van der Waals surface area contributed by atoms with Crippen LogP contribution in [0.15, 0.2) is 140 Å². The third-order valence-corrected chi connectivity index (χ3v) is 8.95. The number of alkyl halides is 6. The van der Waals surface area contributed by atoms with E-state index in [1.54, 1.807) is 60.7 Å². The van der Waals surface area contributed by atoms with Gasteiger partial charge < -0.3 is 31.9 Å². The second-order valence-electron chi connectivity index (χ2n) is 14.4. The van der Waals surface area contributed by atoms with Gasteiger partial charge in [-0.2, -0.15) is 26.3 Å². The number of amides is 6. The minimum atomic E-state index is -4.69. The molecule has 0 heterocycles. The summed E-state index contributed by atoms with van der Waals surface area (Å²) in [6.45, 7) is 5.64. The molecule has 0 bridgehead atoms. The van der Waals surface area contributed by atoms with E-state index in [1.165, 1.54) is 24.3 Å². The molecular formula is C47H42F6N6O4. The molecule has 0 unspecified atom stereocenters. The maximum absolute atomic E-state index is 13.6. The number of ketones is 1. The van der Waals surface area contributed by atoms with Crippen molar-refractivity contribution in [1.29, 1.82) is 0 Å². The monoisotopic (exact) mass is 868 g/mol. The zero-order valence-corrected chi connectivity index (χ0v) is 34.1. The van der Waals surface area contributed by atoms with Crippen LogP contribution in [0.3, 0.4) is 0 Å². The number of hydrogen-bond donors (Lipinski definition) is 6. The Balaban J connectivity index is 0.000000238. The molecule has 0 atom stereocenters. The Morgan fingerprint density at radius 1 is 0.413 bits per heavy atom. The van der Waals surface area contributed by atoms with Crippen LogP contribution < -0.4 is 31.9 Å². The van der Waals surface area contributed by atoms with Crippen molar-refractivity contribution in [2.75, 3.05) is 31.9 Å². The normalized spacial score (nSPS) is 11.0. The summed E-state index contributed by atoms with van der Waals surface area (Å²) in [5.74, 6) is -0.193. The van der Waals surface area contributed by atoms with Crippen molar-refractivity contribution in [3.05, 3.63) is 178 Å². The van der Waals surface area contributed by atoms with Crippen molar-refractivity contribution in [2.45, 2.75) is 46.0 Å². The largest absolute Gasteiger partial charge is 0.418 e. The van der Waals surface area contributed by atoms with E-state index in [4.69, 9.17) is 0 Å². The molecule has 6 aromatic rings. The van der Waals surface area contributed by atoms with Crippen molar-refractivity contribution < 1.29 is 45.5 Å². The second-order valence-corrected chi connectivity index (χ2v) is 14.4. The molecular weight excluding hydrogens is 827 g/mol. The Morgan fingerprint density at radius 2 is 0.841 bits per heavy atom. The lowest BCUT2D eigenvalue weighted by Crippen LogP contribution is -2.23. The van der Waals surface area contributed by atoms with Gasteiger partial charge in [0, 0.05) is 29.9 Å². The summed E-state index contributed by atoms with van der Waals surface area (Å²) in [6, 6.07) is 33.7. The van der Waals surface area contributed by atoms with Crippen molar-refractivity contribution in [3.8, 4) is 0 Å². The summed E-state index contributed by atoms with van der Waals surface area (Å²) < 4.78 is 79.4. The molecule has 0 saturated heterocycles. The summed E-state index contributed by atoms with van der Waals surface area (Å²) in [4.78, 5) is 49.2. The van der Waals surface area contributed by atoms with Gasteiger partial charge >= 0.3 is 30.4 Å². The van der Waals surface area contributed by atoms with Gasteiger partial charge in [-0.1, -0.05) is 78.4 Å². The van der Waals surface area contributed by atoms with Gasteiger partial charge in [0.05, 0.1) is 28.2 Å². The van der Waals surface area contributed by atoms with Crippen LogP contribution in [0.4, 0.5) is 74.9 Å². The zero-order chi connectivity index (χ0) is 45.7. The fourth-order valence-corrected chi connectivity index (χ4v) is 6.16. The summed E-state index contributed by atoms with van der Waals surface area (Å²) in [5.41, 5.74) is 3.32. The van der Waals surface area contributed by atoms with Crippen LogP contribution in [-0.2, 0) is 30.0 Å². The predicted octanol–water partition coefficient (Wildman–Crippen LogP) is 12.6. The fraction of sp³-hybridized carbons (Fsp3) is 0.149. The van der Waals surface area contributed by atoms with E-state index in [0.717, 1.165) is 40.5 Å². The van der Waals surface area contributed by atoms with Crippen LogP contribution in [0.1, 0.15) is 38.9 Å². The summed E-state index contributed by atoms with van der Waals surface area (Å²) in [7, 11) is 0. The van der Waals surface area contributed by atoms with E-state index in [2.05, 4.69) is 31.9 Å². The molecule has 0 aliphatic rings. The van der Waals surface area contributed by atoms with E-state index < -0.39 is 41.6 Å². The van der Waals surface area contributed by atoms with Crippen LogP contribution >= 0.6 is 0 Å². The summed E-state index contributed by atoms with van der Waals surface area (Å²) >= 11 is 0. The number of anilines is 6. The molecule has 0 spiro atoms. The molecule has 0 aliphatic heterocycles. The van der Waals surface area contributed by atoms with E-state index in [0.29, 0.717) is 17.1 Å². The molecule has 6 rings (SSSR count). The van der Waals surface area contributed by atoms with E-state index in [1.807, 2.05) is 57.2 Å². The van der Waals surface area contributed by atoms with Gasteiger partial charge in [0.2, 0.25) is 0 Å². The number of benzene rings is 6. The lowest BCUT2D eigenvalue weighted by molar-refractivity contribution is -0.138. The number of halogens is 6. The average molecular weight is 869 g/mol. The number of nitrogens with one attached hydrogen (secondary N) is 6. The molecule has 0 aromatic heterocycles. The lowest BCUT2D eigenvalue weighted by atomic mass is 9.99. The Hall–Kier alpha value is -7.62. The van der Waals surface area contributed by atoms with Gasteiger partial charge in [0.15, 0.2) is 0 Å². The quantitative estimate of drug-likeness (QED) is 0.0763. The molecule has 0 aliphatic carbocycles. The number of rotatable bonds is 10. The molecule has 6 aromatic carbocycles. The molecule has 0 radical (unpaired) electrons. The zero-order valence-electron chi connectivity index (χ0n) is 34.1. The number of Topliss-reactive ketones (excluding diaryl/α,β-unsaturated/α-hetero) is 1. The van der Waals surface area contributed by atoms with Crippen LogP contribution in [0.5, 0.6) is 0 Å². The third-order valence-electron chi connectivity index (χ3n) is 8.95. The van der Waals surface area contributed by atoms with Gasteiger partial charge in [0.1, 0.15) is 5.78 Å². The average Bonchev–Trinajstić information content (AvgIpc) is 3.19. The van der Waals surface area contributed by atoms with Gasteiger partial charge in [-0.15, -0.1) is 0 Å². The minimum Gasteiger partial charge on any atom is -0.308 e. The standard InChI is InChI=1S/C25H23F3N2O2.C22H19F3N4O2/c1-16-5-3-7-18(11-16)13-21(31)14-19-9-10-23(22(15-19)25(26,27)28)30-24(32)29-20-8-4-6-17(2)12-20;1-14-6-4-8-16(12-14)26-20(30)28-18-10-2-3-11-19(18)29-21(31)27-17-9-5-7-15(13-17)22(23,24)25/h3-12,15H,13-14H2,1-2H3,(H2,29,30,32);2-13H,1H3,(H2,26,28,30)(H2,27,29,31). The first-order valence-corrected chi connectivity index (χ1v) is 19.2. The highest BCUT2D eigenvalue weighted by molar-refractivity contribution is 6.06.